The van der Waals surface area contributed by atoms with Gasteiger partial charge in [-0.25, -0.2) is 13.4 Å². The predicted molar refractivity (Wildman–Crippen MR) is 159 cm³/mol. The monoisotopic (exact) mass is 556 g/mol. The number of likely N-dealkylation sites (N-methyl/N-ethyl adjacent to an activating group) is 1. The van der Waals surface area contributed by atoms with Gasteiger partial charge in [0.2, 0.25) is 5.95 Å². The van der Waals surface area contributed by atoms with Gasteiger partial charge < -0.3 is 15.1 Å². The van der Waals surface area contributed by atoms with Crippen molar-refractivity contribution < 1.29 is 8.42 Å². The van der Waals surface area contributed by atoms with Crippen LogP contribution in [0.25, 0.3) is 11.0 Å². The molecular formula is C30H32N6O3S. The molecule has 4 aromatic rings. The minimum atomic E-state index is -3.49. The summed E-state index contributed by atoms with van der Waals surface area (Å²) in [4.78, 5) is 27.6. The summed E-state index contributed by atoms with van der Waals surface area (Å²) in [6, 6.07) is 16.5. The van der Waals surface area contributed by atoms with Crippen molar-refractivity contribution in [2.45, 2.75) is 25.3 Å². The van der Waals surface area contributed by atoms with Crippen LogP contribution in [0, 0.1) is 11.8 Å². The second-order valence-electron chi connectivity index (χ2n) is 9.77. The standard InChI is InChI=1S/C30H32N6O3S/c1-4-8-22-19-24-20-31-30(32-25-11-13-26(14-12-25)35-17-15-34(3)16-18-35)33-28(24)36(29(22)37)21-23-9-6-7-10-27(23)40(38,39)5-2/h6-7,9-14,19-20H,5,15-18,21H2,1-3H3,(H,31,32,33). The molecule has 40 heavy (non-hydrogen) atoms. The zero-order chi connectivity index (χ0) is 28.3. The van der Waals surface area contributed by atoms with Crippen molar-refractivity contribution in [2.24, 2.45) is 0 Å². The molecule has 1 aliphatic rings. The van der Waals surface area contributed by atoms with E-state index in [4.69, 9.17) is 0 Å². The molecular weight excluding hydrogens is 524 g/mol. The van der Waals surface area contributed by atoms with Crippen LogP contribution in [-0.4, -0.2) is 66.8 Å². The van der Waals surface area contributed by atoms with Gasteiger partial charge in [0.1, 0.15) is 5.65 Å². The molecule has 1 saturated heterocycles. The van der Waals surface area contributed by atoms with E-state index in [1.54, 1.807) is 50.4 Å². The second-order valence-corrected chi connectivity index (χ2v) is 12.0. The van der Waals surface area contributed by atoms with Crippen molar-refractivity contribution >= 4 is 38.2 Å². The highest BCUT2D eigenvalue weighted by atomic mass is 32.2. The maximum atomic E-state index is 13.5. The number of pyridine rings is 1. The normalized spacial score (nSPS) is 14.1. The summed E-state index contributed by atoms with van der Waals surface area (Å²) in [5, 5.41) is 3.87. The Morgan fingerprint density at radius 3 is 2.45 bits per heavy atom. The van der Waals surface area contributed by atoms with Gasteiger partial charge in [-0.05, 0) is 55.9 Å². The van der Waals surface area contributed by atoms with Crippen LogP contribution in [-0.2, 0) is 16.4 Å². The topological polar surface area (TPSA) is 100 Å². The van der Waals surface area contributed by atoms with E-state index in [9.17, 15) is 13.2 Å². The number of rotatable bonds is 7. The minimum Gasteiger partial charge on any atom is -0.369 e. The third-order valence-corrected chi connectivity index (χ3v) is 8.92. The lowest BCUT2D eigenvalue weighted by molar-refractivity contribution is 0.313. The van der Waals surface area contributed by atoms with Crippen molar-refractivity contribution in [2.75, 3.05) is 49.2 Å². The number of anilines is 3. The number of piperazine rings is 1. The molecule has 1 fully saturated rings. The molecule has 2 aromatic carbocycles. The molecule has 10 heteroatoms. The van der Waals surface area contributed by atoms with Crippen LogP contribution in [0.5, 0.6) is 0 Å². The van der Waals surface area contributed by atoms with Crippen molar-refractivity contribution in [1.82, 2.24) is 19.4 Å². The fraction of sp³-hybridized carbons (Fsp3) is 0.300. The highest BCUT2D eigenvalue weighted by Gasteiger charge is 2.19. The quantitative estimate of drug-likeness (QED) is 0.345. The number of nitrogens with one attached hydrogen (secondary N) is 1. The number of sulfone groups is 1. The van der Waals surface area contributed by atoms with Crippen molar-refractivity contribution in [1.29, 1.82) is 0 Å². The molecule has 1 N–H and O–H groups in total. The lowest BCUT2D eigenvalue weighted by atomic mass is 10.2. The van der Waals surface area contributed by atoms with Crippen LogP contribution in [0.15, 0.2) is 70.5 Å². The average Bonchev–Trinajstić information content (AvgIpc) is 2.96. The van der Waals surface area contributed by atoms with Crippen LogP contribution in [0.1, 0.15) is 25.0 Å². The van der Waals surface area contributed by atoms with Gasteiger partial charge in [-0.3, -0.25) is 9.36 Å². The Balaban J connectivity index is 1.51. The van der Waals surface area contributed by atoms with E-state index in [2.05, 4.69) is 56.1 Å². The minimum absolute atomic E-state index is 0.0279. The lowest BCUT2D eigenvalue weighted by Crippen LogP contribution is -2.44. The average molecular weight is 557 g/mol. The summed E-state index contributed by atoms with van der Waals surface area (Å²) in [6.07, 6.45) is 1.65. The molecule has 2 aromatic heterocycles. The van der Waals surface area contributed by atoms with E-state index >= 15 is 0 Å². The highest BCUT2D eigenvalue weighted by Crippen LogP contribution is 2.23. The first-order valence-electron chi connectivity index (χ1n) is 13.2. The molecule has 3 heterocycles. The Morgan fingerprint density at radius 1 is 1.02 bits per heavy atom. The third kappa shape index (κ3) is 5.71. The number of benzene rings is 2. The Labute approximate surface area is 234 Å². The Bertz CT molecular complexity index is 1760. The molecule has 5 rings (SSSR count). The zero-order valence-electron chi connectivity index (χ0n) is 22.9. The van der Waals surface area contributed by atoms with Crippen molar-refractivity contribution in [3.05, 3.63) is 82.3 Å². The predicted octanol–water partition coefficient (Wildman–Crippen LogP) is 3.50. The number of fused-ring (bicyclic) bond motifs is 1. The molecule has 0 unspecified atom stereocenters. The summed E-state index contributed by atoms with van der Waals surface area (Å²) < 4.78 is 27.0. The molecule has 0 amide bonds. The molecule has 0 radical (unpaired) electrons. The summed E-state index contributed by atoms with van der Waals surface area (Å²) in [6.45, 7) is 7.34. The van der Waals surface area contributed by atoms with Crippen molar-refractivity contribution in [3.63, 3.8) is 0 Å². The second kappa shape index (κ2) is 11.5. The first kappa shape index (κ1) is 27.4. The lowest BCUT2D eigenvalue weighted by Gasteiger charge is -2.34. The van der Waals surface area contributed by atoms with Gasteiger partial charge in [-0.2, -0.15) is 4.98 Å². The Kier molecular flexibility index (Phi) is 7.87. The molecule has 9 nitrogen and oxygen atoms in total. The van der Waals surface area contributed by atoms with E-state index in [0.717, 1.165) is 37.6 Å². The molecule has 0 saturated carbocycles. The van der Waals surface area contributed by atoms with E-state index in [1.165, 1.54) is 4.57 Å². The van der Waals surface area contributed by atoms with Gasteiger partial charge >= 0.3 is 0 Å². The first-order chi connectivity index (χ1) is 19.3. The van der Waals surface area contributed by atoms with E-state index < -0.39 is 9.84 Å². The summed E-state index contributed by atoms with van der Waals surface area (Å²) in [5.74, 6) is 5.93. The maximum absolute atomic E-state index is 13.5. The van der Waals surface area contributed by atoms with E-state index in [-0.39, 0.29) is 22.8 Å². The molecule has 0 spiro atoms. The highest BCUT2D eigenvalue weighted by molar-refractivity contribution is 7.91. The van der Waals surface area contributed by atoms with E-state index in [1.807, 2.05) is 12.1 Å². The zero-order valence-corrected chi connectivity index (χ0v) is 23.7. The van der Waals surface area contributed by atoms with Crippen LogP contribution in [0.2, 0.25) is 0 Å². The van der Waals surface area contributed by atoms with Gasteiger partial charge in [0.25, 0.3) is 5.56 Å². The SMILES string of the molecule is CC#Cc1cc2cnc(Nc3ccc(N4CCN(C)CC4)cc3)nc2n(Cc2ccccc2S(=O)(=O)CC)c1=O. The summed E-state index contributed by atoms with van der Waals surface area (Å²) in [5.41, 5.74) is 2.85. The molecule has 0 atom stereocenters. The fourth-order valence-corrected chi connectivity index (χ4v) is 5.93. The smallest absolute Gasteiger partial charge is 0.268 e. The first-order valence-corrected chi connectivity index (χ1v) is 14.9. The van der Waals surface area contributed by atoms with Gasteiger partial charge in [0.15, 0.2) is 9.84 Å². The van der Waals surface area contributed by atoms with Gasteiger partial charge in [0, 0.05) is 49.1 Å². The molecule has 206 valence electrons. The van der Waals surface area contributed by atoms with Crippen molar-refractivity contribution in [3.8, 4) is 11.8 Å². The summed E-state index contributed by atoms with van der Waals surface area (Å²) >= 11 is 0. The van der Waals surface area contributed by atoms with Crippen LogP contribution < -0.4 is 15.8 Å². The fourth-order valence-electron chi connectivity index (χ4n) is 4.80. The van der Waals surface area contributed by atoms with Gasteiger partial charge in [-0.15, -0.1) is 5.92 Å². The van der Waals surface area contributed by atoms with E-state index in [0.29, 0.717) is 28.1 Å². The number of hydrogen-bond acceptors (Lipinski definition) is 8. The maximum Gasteiger partial charge on any atom is 0.268 e. The summed E-state index contributed by atoms with van der Waals surface area (Å²) in [7, 11) is -1.36. The largest absolute Gasteiger partial charge is 0.369 e. The van der Waals surface area contributed by atoms with Crippen LogP contribution in [0.4, 0.5) is 17.3 Å². The number of aromatic nitrogens is 3. The third-order valence-electron chi connectivity index (χ3n) is 7.09. The molecule has 1 aliphatic heterocycles. The van der Waals surface area contributed by atoms with Crippen LogP contribution >= 0.6 is 0 Å². The molecule has 0 bridgehead atoms. The van der Waals surface area contributed by atoms with Gasteiger partial charge in [0.05, 0.1) is 22.8 Å². The van der Waals surface area contributed by atoms with Gasteiger partial charge in [-0.1, -0.05) is 31.0 Å². The number of hydrogen-bond donors (Lipinski definition) is 1. The Morgan fingerprint density at radius 2 is 1.75 bits per heavy atom. The van der Waals surface area contributed by atoms with Crippen LogP contribution in [0.3, 0.4) is 0 Å². The molecule has 0 aliphatic carbocycles. The number of nitrogens with zero attached hydrogens (tertiary/aromatic N) is 5. The Hall–Kier alpha value is -4.20.